The van der Waals surface area contributed by atoms with E-state index in [4.69, 9.17) is 5.73 Å². The van der Waals surface area contributed by atoms with Crippen molar-refractivity contribution >= 4 is 17.4 Å². The summed E-state index contributed by atoms with van der Waals surface area (Å²) in [5, 5.41) is 6.89. The van der Waals surface area contributed by atoms with Crippen LogP contribution in [0.4, 0.5) is 5.69 Å². The first-order valence-corrected chi connectivity index (χ1v) is 11.4. The molecule has 3 N–H and O–H groups in total. The molecule has 7 heteroatoms. The maximum absolute atomic E-state index is 14.4. The third-order valence-electron chi connectivity index (χ3n) is 7.21. The molecule has 2 aliphatic rings. The number of amides is 1. The minimum Gasteiger partial charge on any atom is -0.370 e. The molecule has 7 nitrogen and oxygen atoms in total. The first kappa shape index (κ1) is 21.4. The molecule has 33 heavy (non-hydrogen) atoms. The summed E-state index contributed by atoms with van der Waals surface area (Å²) >= 11 is 0. The van der Waals surface area contributed by atoms with E-state index in [2.05, 4.69) is 51.3 Å². The number of rotatable bonds is 7. The first-order valence-electron chi connectivity index (χ1n) is 11.4. The second-order valence-electron chi connectivity index (χ2n) is 9.28. The molecule has 2 aromatic carbocycles. The average molecular weight is 444 g/mol. The summed E-state index contributed by atoms with van der Waals surface area (Å²) in [6, 6.07) is 18.3. The summed E-state index contributed by atoms with van der Waals surface area (Å²) < 4.78 is 0. The fraction of sp³-hybridized carbons (Fsp3) is 0.346. The van der Waals surface area contributed by atoms with Gasteiger partial charge in [-0.1, -0.05) is 42.5 Å². The number of hydrogen-bond acceptors (Lipinski definition) is 5. The maximum atomic E-state index is 14.4. The lowest BCUT2D eigenvalue weighted by Gasteiger charge is -2.43. The molecule has 3 heterocycles. The van der Waals surface area contributed by atoms with Crippen molar-refractivity contribution in [1.82, 2.24) is 15.1 Å². The number of carbonyl (C=O) groups is 2. The standard InChI is InChI=1S/C26H29N5O2/c1-30-15-20-16-31(22-9-5-6-18(12-22)10-11-24(27)32)26(23(20)17-30,21-7-3-2-4-8-21)25(33)19-13-28-29-14-19/h2-9,12-14,20,23H,10-11,15-17H2,1H3,(H2,27,32)(H,28,29)/t20?,23?,26-/m1/s1. The lowest BCUT2D eigenvalue weighted by atomic mass is 9.72. The highest BCUT2D eigenvalue weighted by molar-refractivity contribution is 6.06. The van der Waals surface area contributed by atoms with Gasteiger partial charge in [-0.3, -0.25) is 14.7 Å². The van der Waals surface area contributed by atoms with Crippen molar-refractivity contribution in [2.45, 2.75) is 18.4 Å². The number of fused-ring (bicyclic) bond motifs is 1. The zero-order chi connectivity index (χ0) is 23.0. The quantitative estimate of drug-likeness (QED) is 0.548. The fourth-order valence-corrected chi connectivity index (χ4v) is 5.86. The zero-order valence-corrected chi connectivity index (χ0v) is 18.8. The number of nitrogens with two attached hydrogens (primary N) is 1. The van der Waals surface area contributed by atoms with Gasteiger partial charge < -0.3 is 15.5 Å². The first-order chi connectivity index (χ1) is 16.0. The summed E-state index contributed by atoms with van der Waals surface area (Å²) in [6.07, 6.45) is 4.21. The van der Waals surface area contributed by atoms with Gasteiger partial charge in [-0.25, -0.2) is 0 Å². The number of hydrogen-bond donors (Lipinski definition) is 2. The fourth-order valence-electron chi connectivity index (χ4n) is 5.86. The van der Waals surface area contributed by atoms with Gasteiger partial charge in [0.15, 0.2) is 5.78 Å². The van der Waals surface area contributed by atoms with E-state index < -0.39 is 5.54 Å². The van der Waals surface area contributed by atoms with Gasteiger partial charge in [0.25, 0.3) is 0 Å². The van der Waals surface area contributed by atoms with Crippen LogP contribution in [-0.4, -0.2) is 53.5 Å². The number of nitrogens with one attached hydrogen (secondary N) is 1. The number of anilines is 1. The van der Waals surface area contributed by atoms with E-state index in [1.54, 1.807) is 12.4 Å². The van der Waals surface area contributed by atoms with Gasteiger partial charge in [0.05, 0.1) is 11.8 Å². The third-order valence-corrected chi connectivity index (χ3v) is 7.21. The molecule has 2 saturated heterocycles. The van der Waals surface area contributed by atoms with E-state index in [0.29, 0.717) is 24.3 Å². The Morgan fingerprint density at radius 2 is 1.94 bits per heavy atom. The lowest BCUT2D eigenvalue weighted by Crippen LogP contribution is -2.53. The second-order valence-corrected chi connectivity index (χ2v) is 9.28. The molecule has 1 amide bonds. The molecule has 2 aliphatic heterocycles. The van der Waals surface area contributed by atoms with Crippen LogP contribution in [0.3, 0.4) is 0 Å². The molecule has 3 atom stereocenters. The van der Waals surface area contributed by atoms with Crippen molar-refractivity contribution < 1.29 is 9.59 Å². The molecule has 2 unspecified atom stereocenters. The number of Topliss-reactive ketones (excluding diaryl/α,β-unsaturated/α-hetero) is 1. The largest absolute Gasteiger partial charge is 0.370 e. The number of nitrogens with zero attached hydrogens (tertiary/aromatic N) is 3. The monoisotopic (exact) mass is 443 g/mol. The minimum absolute atomic E-state index is 0.0628. The van der Waals surface area contributed by atoms with E-state index in [1.807, 2.05) is 30.3 Å². The lowest BCUT2D eigenvalue weighted by molar-refractivity contribution is -0.117. The van der Waals surface area contributed by atoms with Crippen LogP contribution < -0.4 is 10.6 Å². The van der Waals surface area contributed by atoms with Crippen LogP contribution in [0.25, 0.3) is 0 Å². The molecule has 1 aromatic heterocycles. The maximum Gasteiger partial charge on any atom is 0.217 e. The summed E-state index contributed by atoms with van der Waals surface area (Å²) in [4.78, 5) is 30.4. The van der Waals surface area contributed by atoms with Crippen LogP contribution in [-0.2, 0) is 16.8 Å². The molecular formula is C26H29N5O2. The number of aromatic nitrogens is 2. The van der Waals surface area contributed by atoms with Gasteiger partial charge in [-0.2, -0.15) is 5.10 Å². The number of primary amides is 1. The Hall–Kier alpha value is -3.45. The number of benzene rings is 2. The van der Waals surface area contributed by atoms with Crippen LogP contribution in [0.2, 0.25) is 0 Å². The normalized spacial score (nSPS) is 24.7. The van der Waals surface area contributed by atoms with Crippen molar-refractivity contribution in [2.24, 2.45) is 17.6 Å². The smallest absolute Gasteiger partial charge is 0.217 e. The average Bonchev–Trinajstić information content (AvgIpc) is 3.54. The van der Waals surface area contributed by atoms with Crippen LogP contribution in [0.5, 0.6) is 0 Å². The van der Waals surface area contributed by atoms with Crippen molar-refractivity contribution in [3.63, 3.8) is 0 Å². The van der Waals surface area contributed by atoms with E-state index in [1.165, 1.54) is 0 Å². The molecule has 0 spiro atoms. The second kappa shape index (κ2) is 8.48. The molecule has 2 fully saturated rings. The number of carbonyl (C=O) groups excluding carboxylic acids is 2. The van der Waals surface area contributed by atoms with Gasteiger partial charge >= 0.3 is 0 Å². The Morgan fingerprint density at radius 1 is 1.12 bits per heavy atom. The van der Waals surface area contributed by atoms with Crippen molar-refractivity contribution in [1.29, 1.82) is 0 Å². The topological polar surface area (TPSA) is 95.3 Å². The number of aryl methyl sites for hydroxylation is 1. The highest BCUT2D eigenvalue weighted by Crippen LogP contribution is 2.52. The molecule has 3 aromatic rings. The molecule has 0 aliphatic carbocycles. The molecule has 5 rings (SSSR count). The van der Waals surface area contributed by atoms with Gasteiger partial charge in [-0.15, -0.1) is 0 Å². The van der Waals surface area contributed by atoms with Gasteiger partial charge in [0, 0.05) is 43.9 Å². The highest BCUT2D eigenvalue weighted by atomic mass is 16.1. The van der Waals surface area contributed by atoms with E-state index in [-0.39, 0.29) is 17.6 Å². The van der Waals surface area contributed by atoms with Crippen LogP contribution >= 0.6 is 0 Å². The van der Waals surface area contributed by atoms with Crippen molar-refractivity contribution in [3.8, 4) is 0 Å². The number of H-pyrrole nitrogens is 1. The molecule has 0 radical (unpaired) electrons. The number of ketones is 1. The van der Waals surface area contributed by atoms with Crippen molar-refractivity contribution in [3.05, 3.63) is 83.7 Å². The van der Waals surface area contributed by atoms with Gasteiger partial charge in [-0.05, 0) is 42.6 Å². The molecule has 0 saturated carbocycles. The van der Waals surface area contributed by atoms with E-state index in [0.717, 1.165) is 36.4 Å². The predicted octanol–water partition coefficient (Wildman–Crippen LogP) is 2.60. The van der Waals surface area contributed by atoms with Gasteiger partial charge in [0.1, 0.15) is 5.54 Å². The summed E-state index contributed by atoms with van der Waals surface area (Å²) in [5.74, 6) is 0.252. The number of aromatic amines is 1. The van der Waals surface area contributed by atoms with Crippen LogP contribution in [0.1, 0.15) is 27.9 Å². The van der Waals surface area contributed by atoms with E-state index in [9.17, 15) is 9.59 Å². The van der Waals surface area contributed by atoms with E-state index >= 15 is 0 Å². The summed E-state index contributed by atoms with van der Waals surface area (Å²) in [5.41, 5.74) is 8.16. The summed E-state index contributed by atoms with van der Waals surface area (Å²) in [6.45, 7) is 2.59. The summed E-state index contributed by atoms with van der Waals surface area (Å²) in [7, 11) is 2.13. The van der Waals surface area contributed by atoms with Gasteiger partial charge in [0.2, 0.25) is 5.91 Å². The third kappa shape index (κ3) is 3.62. The molecular weight excluding hydrogens is 414 g/mol. The molecule has 0 bridgehead atoms. The predicted molar refractivity (Wildman–Crippen MR) is 127 cm³/mol. The Balaban J connectivity index is 1.67. The van der Waals surface area contributed by atoms with Crippen molar-refractivity contribution in [2.75, 3.05) is 31.6 Å². The highest BCUT2D eigenvalue weighted by Gasteiger charge is 2.61. The molecule has 170 valence electrons. The minimum atomic E-state index is -0.844. The Kier molecular flexibility index (Phi) is 5.50. The van der Waals surface area contributed by atoms with Crippen LogP contribution in [0.15, 0.2) is 67.0 Å². The Morgan fingerprint density at radius 3 is 2.67 bits per heavy atom. The Labute approximate surface area is 193 Å². The SMILES string of the molecule is CN1CC2CN(c3cccc(CCC(N)=O)c3)[C@](C(=O)c3cn[nH]c3)(c3ccccc3)C2C1. The Bertz CT molecular complexity index is 1150. The zero-order valence-electron chi connectivity index (χ0n) is 18.8. The van der Waals surface area contributed by atoms with Crippen LogP contribution in [0, 0.1) is 11.8 Å². The number of likely N-dealkylation sites (tertiary alicyclic amines) is 1.